The molecule has 1 spiro atoms. The van der Waals surface area contributed by atoms with Gasteiger partial charge in [0, 0.05) is 19.5 Å². The quantitative estimate of drug-likeness (QED) is 0.791. The van der Waals surface area contributed by atoms with Crippen LogP contribution in [0.25, 0.3) is 0 Å². The minimum absolute atomic E-state index is 0.0365. The molecule has 1 N–H and O–H groups in total. The Morgan fingerprint density at radius 2 is 2.00 bits per heavy atom. The Kier molecular flexibility index (Phi) is 2.91. The molecule has 1 unspecified atom stereocenters. The fourth-order valence-electron chi connectivity index (χ4n) is 2.82. The molecule has 1 aliphatic carbocycles. The van der Waals surface area contributed by atoms with E-state index >= 15 is 0 Å². The monoisotopic (exact) mass is 225 g/mol. The molecule has 0 radical (unpaired) electrons. The van der Waals surface area contributed by atoms with E-state index in [-0.39, 0.29) is 17.2 Å². The third-order valence-electron chi connectivity index (χ3n) is 4.06. The minimum Gasteiger partial charge on any atom is -0.481 e. The van der Waals surface area contributed by atoms with Crippen molar-refractivity contribution in [1.29, 1.82) is 0 Å². The van der Waals surface area contributed by atoms with Crippen LogP contribution < -0.4 is 0 Å². The van der Waals surface area contributed by atoms with Gasteiger partial charge in [0.15, 0.2) is 0 Å². The highest BCUT2D eigenvalue weighted by atomic mass is 16.4. The molecule has 4 heteroatoms. The molecule has 4 nitrogen and oxygen atoms in total. The van der Waals surface area contributed by atoms with Crippen LogP contribution in [0.3, 0.4) is 0 Å². The van der Waals surface area contributed by atoms with E-state index in [9.17, 15) is 9.59 Å². The lowest BCUT2D eigenvalue weighted by Gasteiger charge is -2.32. The lowest BCUT2D eigenvalue weighted by atomic mass is 9.90. The summed E-state index contributed by atoms with van der Waals surface area (Å²) in [4.78, 5) is 24.4. The molecule has 0 aromatic heterocycles. The zero-order valence-corrected chi connectivity index (χ0v) is 9.74. The van der Waals surface area contributed by atoms with E-state index in [4.69, 9.17) is 5.11 Å². The van der Waals surface area contributed by atoms with Gasteiger partial charge in [0.05, 0.1) is 5.92 Å². The summed E-state index contributed by atoms with van der Waals surface area (Å²) in [6.07, 6.45) is 4.07. The molecule has 0 bridgehead atoms. The Morgan fingerprint density at radius 1 is 1.38 bits per heavy atom. The van der Waals surface area contributed by atoms with Crippen molar-refractivity contribution in [2.75, 3.05) is 13.1 Å². The molecule has 1 heterocycles. The van der Waals surface area contributed by atoms with Gasteiger partial charge in [-0.1, -0.05) is 6.92 Å². The molecule has 2 rings (SSSR count). The summed E-state index contributed by atoms with van der Waals surface area (Å²) >= 11 is 0. The summed E-state index contributed by atoms with van der Waals surface area (Å²) < 4.78 is 0. The van der Waals surface area contributed by atoms with Crippen molar-refractivity contribution in [2.45, 2.75) is 39.0 Å². The number of amides is 1. The SMILES string of the molecule is CCCC(=O)N1CCC2(CC1)CC2C(=O)O. The van der Waals surface area contributed by atoms with Gasteiger partial charge in [-0.05, 0) is 31.1 Å². The van der Waals surface area contributed by atoms with E-state index in [0.29, 0.717) is 6.42 Å². The number of hydrogen-bond acceptors (Lipinski definition) is 2. The fraction of sp³-hybridized carbons (Fsp3) is 0.833. The van der Waals surface area contributed by atoms with Crippen LogP contribution in [0.5, 0.6) is 0 Å². The van der Waals surface area contributed by atoms with E-state index < -0.39 is 5.97 Å². The molecule has 2 aliphatic rings. The first kappa shape index (κ1) is 11.4. The van der Waals surface area contributed by atoms with Crippen LogP contribution in [0.2, 0.25) is 0 Å². The van der Waals surface area contributed by atoms with Gasteiger partial charge < -0.3 is 10.0 Å². The predicted octanol–water partition coefficient (Wildman–Crippen LogP) is 1.50. The van der Waals surface area contributed by atoms with Gasteiger partial charge in [0.1, 0.15) is 0 Å². The van der Waals surface area contributed by atoms with Crippen LogP contribution in [-0.4, -0.2) is 35.0 Å². The molecule has 1 saturated carbocycles. The standard InChI is InChI=1S/C12H19NO3/c1-2-3-10(14)13-6-4-12(5-7-13)8-9(12)11(15)16/h9H,2-8H2,1H3,(H,15,16). The van der Waals surface area contributed by atoms with Crippen molar-refractivity contribution in [3.8, 4) is 0 Å². The summed E-state index contributed by atoms with van der Waals surface area (Å²) in [6.45, 7) is 3.51. The van der Waals surface area contributed by atoms with E-state index in [1.807, 2.05) is 11.8 Å². The molecular formula is C12H19NO3. The van der Waals surface area contributed by atoms with Crippen LogP contribution in [0.1, 0.15) is 39.0 Å². The zero-order chi connectivity index (χ0) is 11.8. The second-order valence-corrected chi connectivity index (χ2v) is 5.09. The summed E-state index contributed by atoms with van der Waals surface area (Å²) in [5.74, 6) is -0.575. The van der Waals surface area contributed by atoms with Crippen LogP contribution >= 0.6 is 0 Å². The van der Waals surface area contributed by atoms with E-state index in [2.05, 4.69) is 0 Å². The topological polar surface area (TPSA) is 57.6 Å². The van der Waals surface area contributed by atoms with Crippen molar-refractivity contribution in [3.05, 3.63) is 0 Å². The number of carboxylic acids is 1. The summed E-state index contributed by atoms with van der Waals surface area (Å²) in [7, 11) is 0. The highest BCUT2D eigenvalue weighted by molar-refractivity contribution is 5.77. The van der Waals surface area contributed by atoms with Crippen LogP contribution in [0.4, 0.5) is 0 Å². The number of rotatable bonds is 3. The average Bonchev–Trinajstić information content (AvgIpc) is 2.94. The number of aliphatic carboxylic acids is 1. The predicted molar refractivity (Wildman–Crippen MR) is 58.9 cm³/mol. The van der Waals surface area contributed by atoms with E-state index in [0.717, 1.165) is 38.8 Å². The summed E-state index contributed by atoms with van der Waals surface area (Å²) in [5, 5.41) is 8.95. The number of nitrogens with zero attached hydrogens (tertiary/aromatic N) is 1. The van der Waals surface area contributed by atoms with Crippen LogP contribution in [0, 0.1) is 11.3 Å². The lowest BCUT2D eigenvalue weighted by Crippen LogP contribution is -2.39. The van der Waals surface area contributed by atoms with Gasteiger partial charge in [-0.15, -0.1) is 0 Å². The molecule has 16 heavy (non-hydrogen) atoms. The van der Waals surface area contributed by atoms with E-state index in [1.54, 1.807) is 0 Å². The normalized spacial score (nSPS) is 26.8. The second kappa shape index (κ2) is 4.07. The Morgan fingerprint density at radius 3 is 2.44 bits per heavy atom. The number of carboxylic acid groups (broad SMARTS) is 1. The highest BCUT2D eigenvalue weighted by Gasteiger charge is 2.59. The number of carbonyl (C=O) groups excluding carboxylic acids is 1. The van der Waals surface area contributed by atoms with Crippen molar-refractivity contribution < 1.29 is 14.7 Å². The lowest BCUT2D eigenvalue weighted by molar-refractivity contribution is -0.139. The van der Waals surface area contributed by atoms with Crippen LogP contribution in [0.15, 0.2) is 0 Å². The molecule has 1 aliphatic heterocycles. The van der Waals surface area contributed by atoms with Crippen LogP contribution in [-0.2, 0) is 9.59 Å². The number of hydrogen-bond donors (Lipinski definition) is 1. The molecular weight excluding hydrogens is 206 g/mol. The van der Waals surface area contributed by atoms with Gasteiger partial charge >= 0.3 is 5.97 Å². The van der Waals surface area contributed by atoms with Crippen molar-refractivity contribution in [2.24, 2.45) is 11.3 Å². The Labute approximate surface area is 95.6 Å². The maximum Gasteiger partial charge on any atom is 0.307 e. The van der Waals surface area contributed by atoms with Gasteiger partial charge in [0.25, 0.3) is 0 Å². The van der Waals surface area contributed by atoms with Crippen molar-refractivity contribution in [3.63, 3.8) is 0 Å². The van der Waals surface area contributed by atoms with Gasteiger partial charge in [-0.25, -0.2) is 0 Å². The van der Waals surface area contributed by atoms with Crippen molar-refractivity contribution >= 4 is 11.9 Å². The number of likely N-dealkylation sites (tertiary alicyclic amines) is 1. The third-order valence-corrected chi connectivity index (χ3v) is 4.06. The number of carbonyl (C=O) groups is 2. The largest absolute Gasteiger partial charge is 0.481 e. The number of piperidine rings is 1. The van der Waals surface area contributed by atoms with Gasteiger partial charge in [0.2, 0.25) is 5.91 Å². The average molecular weight is 225 g/mol. The Bertz CT molecular complexity index is 305. The second-order valence-electron chi connectivity index (χ2n) is 5.09. The summed E-state index contributed by atoms with van der Waals surface area (Å²) in [6, 6.07) is 0. The first-order chi connectivity index (χ1) is 7.59. The minimum atomic E-state index is -0.659. The Balaban J connectivity index is 1.84. The molecule has 2 fully saturated rings. The first-order valence-corrected chi connectivity index (χ1v) is 6.09. The maximum absolute atomic E-state index is 11.7. The smallest absolute Gasteiger partial charge is 0.307 e. The van der Waals surface area contributed by atoms with Gasteiger partial charge in [-0.3, -0.25) is 9.59 Å². The highest BCUT2D eigenvalue weighted by Crippen LogP contribution is 2.59. The van der Waals surface area contributed by atoms with Crippen molar-refractivity contribution in [1.82, 2.24) is 4.90 Å². The molecule has 0 aromatic carbocycles. The molecule has 1 amide bonds. The Hall–Kier alpha value is -1.06. The first-order valence-electron chi connectivity index (χ1n) is 6.09. The zero-order valence-electron chi connectivity index (χ0n) is 9.74. The molecule has 1 saturated heterocycles. The molecule has 1 atom stereocenters. The third kappa shape index (κ3) is 1.93. The summed E-state index contributed by atoms with van der Waals surface area (Å²) in [5.41, 5.74) is 0.0365. The fourth-order valence-corrected chi connectivity index (χ4v) is 2.82. The molecule has 0 aromatic rings. The van der Waals surface area contributed by atoms with E-state index in [1.165, 1.54) is 0 Å². The van der Waals surface area contributed by atoms with Gasteiger partial charge in [-0.2, -0.15) is 0 Å². The maximum atomic E-state index is 11.7. The molecule has 90 valence electrons.